The van der Waals surface area contributed by atoms with E-state index in [-0.39, 0.29) is 11.0 Å². The molecule has 0 aromatic heterocycles. The van der Waals surface area contributed by atoms with Gasteiger partial charge < -0.3 is 11.1 Å². The van der Waals surface area contributed by atoms with Gasteiger partial charge in [-0.2, -0.15) is 0 Å². The fraction of sp³-hybridized carbons (Fsp3) is 0.600. The average molecular weight is 264 g/mol. The van der Waals surface area contributed by atoms with E-state index in [2.05, 4.69) is 49.7 Å². The predicted molar refractivity (Wildman–Crippen MR) is 80.3 cm³/mol. The minimum absolute atomic E-state index is 0.0960. The van der Waals surface area contributed by atoms with E-state index in [4.69, 9.17) is 5.73 Å². The zero-order valence-corrected chi connectivity index (χ0v) is 12.4. The number of nitrogens with one attached hydrogen (secondary N) is 1. The van der Waals surface area contributed by atoms with Gasteiger partial charge in [-0.1, -0.05) is 26.0 Å². The first kappa shape index (κ1) is 13.9. The first-order valence-corrected chi connectivity index (χ1v) is 7.82. The molecule has 1 aromatic rings. The maximum atomic E-state index is 6.09. The zero-order chi connectivity index (χ0) is 13.2. The van der Waals surface area contributed by atoms with Gasteiger partial charge in [0.15, 0.2) is 0 Å². The van der Waals surface area contributed by atoms with E-state index in [0.717, 1.165) is 13.1 Å². The molecule has 1 saturated carbocycles. The summed E-state index contributed by atoms with van der Waals surface area (Å²) in [5, 5.41) is 3.52. The van der Waals surface area contributed by atoms with Gasteiger partial charge in [-0.15, -0.1) is 11.8 Å². The van der Waals surface area contributed by atoms with Crippen LogP contribution in [0.2, 0.25) is 0 Å². The molecule has 0 bridgehead atoms. The Balaban J connectivity index is 1.91. The van der Waals surface area contributed by atoms with Crippen molar-refractivity contribution in [2.75, 3.05) is 19.3 Å². The van der Waals surface area contributed by atoms with E-state index >= 15 is 0 Å². The van der Waals surface area contributed by atoms with Crippen LogP contribution >= 0.6 is 11.8 Å². The van der Waals surface area contributed by atoms with Crippen LogP contribution in [0, 0.1) is 0 Å². The highest BCUT2D eigenvalue weighted by Crippen LogP contribution is 2.31. The molecule has 18 heavy (non-hydrogen) atoms. The van der Waals surface area contributed by atoms with Crippen molar-refractivity contribution in [2.45, 2.75) is 42.5 Å². The number of hydrogen-bond donors (Lipinski definition) is 2. The summed E-state index contributed by atoms with van der Waals surface area (Å²) < 4.78 is 0. The van der Waals surface area contributed by atoms with Gasteiger partial charge in [0, 0.05) is 28.9 Å². The lowest BCUT2D eigenvalue weighted by Crippen LogP contribution is -2.41. The molecule has 0 heterocycles. The molecule has 3 heteroatoms. The van der Waals surface area contributed by atoms with E-state index in [1.165, 1.54) is 23.3 Å². The summed E-state index contributed by atoms with van der Waals surface area (Å²) in [7, 11) is 0. The third-order valence-corrected chi connectivity index (χ3v) is 4.55. The maximum absolute atomic E-state index is 6.09. The Bertz CT molecular complexity index is 393. The molecule has 0 radical (unpaired) electrons. The maximum Gasteiger partial charge on any atom is 0.0282 e. The molecular weight excluding hydrogens is 240 g/mol. The smallest absolute Gasteiger partial charge is 0.0282 e. The van der Waals surface area contributed by atoms with Gasteiger partial charge in [0.2, 0.25) is 0 Å². The van der Waals surface area contributed by atoms with E-state index in [0.29, 0.717) is 0 Å². The molecular formula is C15H24N2S. The fourth-order valence-electron chi connectivity index (χ4n) is 2.11. The van der Waals surface area contributed by atoms with Crippen LogP contribution in [0.3, 0.4) is 0 Å². The van der Waals surface area contributed by atoms with Crippen LogP contribution in [-0.2, 0) is 5.41 Å². The molecule has 3 N–H and O–H groups in total. The molecule has 0 spiro atoms. The Morgan fingerprint density at radius 3 is 2.39 bits per heavy atom. The highest BCUT2D eigenvalue weighted by atomic mass is 32.2. The topological polar surface area (TPSA) is 38.0 Å². The molecule has 2 rings (SSSR count). The molecule has 0 amide bonds. The van der Waals surface area contributed by atoms with E-state index < -0.39 is 0 Å². The predicted octanol–water partition coefficient (Wildman–Crippen LogP) is 2.77. The highest BCUT2D eigenvalue weighted by Gasteiger charge is 2.37. The average Bonchev–Trinajstić information content (AvgIpc) is 3.07. The van der Waals surface area contributed by atoms with Gasteiger partial charge in [-0.05, 0) is 36.8 Å². The highest BCUT2D eigenvalue weighted by molar-refractivity contribution is 7.98. The van der Waals surface area contributed by atoms with Crippen LogP contribution in [0.5, 0.6) is 0 Å². The largest absolute Gasteiger partial charge is 0.324 e. The van der Waals surface area contributed by atoms with Crippen molar-refractivity contribution >= 4 is 11.8 Å². The lowest BCUT2D eigenvalue weighted by molar-refractivity contribution is 0.448. The van der Waals surface area contributed by atoms with Crippen molar-refractivity contribution in [3.8, 4) is 0 Å². The van der Waals surface area contributed by atoms with Gasteiger partial charge in [0.1, 0.15) is 0 Å². The van der Waals surface area contributed by atoms with Crippen LogP contribution in [0.25, 0.3) is 0 Å². The van der Waals surface area contributed by atoms with Crippen molar-refractivity contribution in [1.29, 1.82) is 0 Å². The Labute approximate surface area is 115 Å². The monoisotopic (exact) mass is 264 g/mol. The summed E-state index contributed by atoms with van der Waals surface area (Å²) in [5.74, 6) is 0. The van der Waals surface area contributed by atoms with Crippen LogP contribution in [0.4, 0.5) is 0 Å². The van der Waals surface area contributed by atoms with Crippen molar-refractivity contribution in [1.82, 2.24) is 5.32 Å². The molecule has 0 atom stereocenters. The van der Waals surface area contributed by atoms with Gasteiger partial charge in [0.05, 0.1) is 0 Å². The number of benzene rings is 1. The molecule has 100 valence electrons. The summed E-state index contributed by atoms with van der Waals surface area (Å²) in [6, 6.07) is 8.88. The van der Waals surface area contributed by atoms with E-state index in [1.807, 2.05) is 0 Å². The van der Waals surface area contributed by atoms with Gasteiger partial charge in [-0.3, -0.25) is 0 Å². The van der Waals surface area contributed by atoms with Crippen LogP contribution in [0.15, 0.2) is 29.2 Å². The summed E-state index contributed by atoms with van der Waals surface area (Å²) in [6.07, 6.45) is 4.45. The molecule has 0 unspecified atom stereocenters. The fourth-order valence-corrected chi connectivity index (χ4v) is 2.51. The van der Waals surface area contributed by atoms with Gasteiger partial charge >= 0.3 is 0 Å². The summed E-state index contributed by atoms with van der Waals surface area (Å²) >= 11 is 1.79. The number of hydrogen-bond acceptors (Lipinski definition) is 3. The van der Waals surface area contributed by atoms with Crippen molar-refractivity contribution in [2.24, 2.45) is 5.73 Å². The molecule has 2 nitrogen and oxygen atoms in total. The minimum atomic E-state index is 0.0960. The Morgan fingerprint density at radius 1 is 1.28 bits per heavy atom. The number of thioether (sulfide) groups is 1. The Kier molecular flexibility index (Phi) is 4.05. The molecule has 1 aliphatic carbocycles. The second-order valence-corrected chi connectivity index (χ2v) is 6.96. The first-order valence-electron chi connectivity index (χ1n) is 6.59. The number of rotatable bonds is 6. The lowest BCUT2D eigenvalue weighted by Gasteiger charge is -2.27. The molecule has 0 saturated heterocycles. The summed E-state index contributed by atoms with van der Waals surface area (Å²) in [5.41, 5.74) is 7.72. The van der Waals surface area contributed by atoms with Crippen LogP contribution < -0.4 is 11.1 Å². The normalized spacial score (nSPS) is 17.8. The van der Waals surface area contributed by atoms with Crippen molar-refractivity contribution in [3.63, 3.8) is 0 Å². The molecule has 0 aliphatic heterocycles. The standard InChI is InChI=1S/C15H24N2S/c1-14(2,10-17-11-15(16)8-9-15)12-4-6-13(18-3)7-5-12/h4-7,17H,8-11,16H2,1-3H3. The molecule has 1 fully saturated rings. The van der Waals surface area contributed by atoms with E-state index in [1.54, 1.807) is 11.8 Å². The van der Waals surface area contributed by atoms with Crippen LogP contribution in [-0.4, -0.2) is 24.9 Å². The van der Waals surface area contributed by atoms with Crippen molar-refractivity contribution < 1.29 is 0 Å². The lowest BCUT2D eigenvalue weighted by atomic mass is 9.84. The second-order valence-electron chi connectivity index (χ2n) is 6.08. The van der Waals surface area contributed by atoms with E-state index in [9.17, 15) is 0 Å². The van der Waals surface area contributed by atoms with Crippen LogP contribution in [0.1, 0.15) is 32.3 Å². The number of nitrogens with two attached hydrogens (primary N) is 1. The molecule has 1 aliphatic rings. The third-order valence-electron chi connectivity index (χ3n) is 3.81. The summed E-state index contributed by atoms with van der Waals surface area (Å²) in [6.45, 7) is 6.48. The summed E-state index contributed by atoms with van der Waals surface area (Å²) in [4.78, 5) is 1.32. The third kappa shape index (κ3) is 3.50. The second kappa shape index (κ2) is 5.24. The quantitative estimate of drug-likeness (QED) is 0.776. The minimum Gasteiger partial charge on any atom is -0.324 e. The Morgan fingerprint density at radius 2 is 1.89 bits per heavy atom. The molecule has 1 aromatic carbocycles. The zero-order valence-electron chi connectivity index (χ0n) is 11.6. The Hall–Kier alpha value is -0.510. The van der Waals surface area contributed by atoms with Gasteiger partial charge in [0.25, 0.3) is 0 Å². The van der Waals surface area contributed by atoms with Crippen molar-refractivity contribution in [3.05, 3.63) is 29.8 Å². The SMILES string of the molecule is CSc1ccc(C(C)(C)CNCC2(N)CC2)cc1. The first-order chi connectivity index (χ1) is 8.45. The van der Waals surface area contributed by atoms with Gasteiger partial charge in [-0.25, -0.2) is 0 Å².